The summed E-state index contributed by atoms with van der Waals surface area (Å²) < 4.78 is 0. The number of rotatable bonds is 0. The number of hydrogen-bond donors (Lipinski definition) is 0. The minimum atomic E-state index is 0.513. The van der Waals surface area contributed by atoms with Gasteiger partial charge in [-0.25, -0.2) is 0 Å². The molecule has 11 heavy (non-hydrogen) atoms. The van der Waals surface area contributed by atoms with Crippen LogP contribution in [0.4, 0.5) is 0 Å². The Hall–Kier alpha value is 0.290. The molecular weight excluding hydrogens is 156 g/mol. The van der Waals surface area contributed by atoms with E-state index in [4.69, 9.17) is 11.6 Å². The molecule has 1 heteroatoms. The highest BCUT2D eigenvalue weighted by atomic mass is 35.5. The Balaban J connectivity index is 2.03. The van der Waals surface area contributed by atoms with Crippen molar-refractivity contribution in [3.63, 3.8) is 0 Å². The molecule has 0 bridgehead atoms. The summed E-state index contributed by atoms with van der Waals surface area (Å²) in [6, 6.07) is 0. The van der Waals surface area contributed by atoms with E-state index in [1.807, 2.05) is 0 Å². The van der Waals surface area contributed by atoms with Crippen LogP contribution in [0.3, 0.4) is 0 Å². The van der Waals surface area contributed by atoms with Crippen LogP contribution in [0, 0.1) is 17.8 Å². The van der Waals surface area contributed by atoms with Crippen molar-refractivity contribution in [2.75, 3.05) is 0 Å². The van der Waals surface area contributed by atoms with E-state index in [0.717, 1.165) is 17.8 Å². The lowest BCUT2D eigenvalue weighted by molar-refractivity contribution is 0.283. The Morgan fingerprint density at radius 1 is 1.18 bits per heavy atom. The van der Waals surface area contributed by atoms with E-state index in [2.05, 4.69) is 6.92 Å². The molecule has 0 nitrogen and oxygen atoms in total. The maximum Gasteiger partial charge on any atom is 0.0367 e. The summed E-state index contributed by atoms with van der Waals surface area (Å²) in [5.74, 6) is 2.81. The molecule has 4 unspecified atom stereocenters. The summed E-state index contributed by atoms with van der Waals surface area (Å²) >= 11 is 6.28. The highest BCUT2D eigenvalue weighted by Gasteiger charge is 2.38. The highest BCUT2D eigenvalue weighted by molar-refractivity contribution is 6.20. The smallest absolute Gasteiger partial charge is 0.0367 e. The molecule has 2 saturated carbocycles. The lowest BCUT2D eigenvalue weighted by Crippen LogP contribution is -2.24. The van der Waals surface area contributed by atoms with E-state index in [-0.39, 0.29) is 0 Å². The Labute approximate surface area is 74.3 Å². The van der Waals surface area contributed by atoms with Gasteiger partial charge < -0.3 is 0 Å². The van der Waals surface area contributed by atoms with Crippen molar-refractivity contribution >= 4 is 11.6 Å². The second-order valence-corrected chi connectivity index (χ2v) is 5.01. The molecule has 0 aromatic heterocycles. The van der Waals surface area contributed by atoms with Crippen LogP contribution < -0.4 is 0 Å². The Bertz CT molecular complexity index is 144. The zero-order valence-corrected chi connectivity index (χ0v) is 7.98. The van der Waals surface area contributed by atoms with Gasteiger partial charge in [0.1, 0.15) is 0 Å². The van der Waals surface area contributed by atoms with Crippen LogP contribution in [0.25, 0.3) is 0 Å². The van der Waals surface area contributed by atoms with Crippen LogP contribution >= 0.6 is 11.6 Å². The van der Waals surface area contributed by atoms with Gasteiger partial charge in [0.2, 0.25) is 0 Å². The minimum absolute atomic E-state index is 0.513. The van der Waals surface area contributed by atoms with Crippen LogP contribution in [0.2, 0.25) is 0 Å². The van der Waals surface area contributed by atoms with Crippen LogP contribution in [0.5, 0.6) is 0 Å². The third-order valence-electron chi connectivity index (χ3n) is 3.50. The van der Waals surface area contributed by atoms with Crippen LogP contribution in [0.15, 0.2) is 0 Å². The van der Waals surface area contributed by atoms with Gasteiger partial charge in [-0.3, -0.25) is 0 Å². The Morgan fingerprint density at radius 3 is 2.73 bits per heavy atom. The molecule has 0 N–H and O–H groups in total. The van der Waals surface area contributed by atoms with Gasteiger partial charge in [-0.1, -0.05) is 19.8 Å². The molecule has 0 aliphatic heterocycles. The summed E-state index contributed by atoms with van der Waals surface area (Å²) in [6.07, 6.45) is 6.96. The predicted molar refractivity (Wildman–Crippen MR) is 48.9 cm³/mol. The summed E-state index contributed by atoms with van der Waals surface area (Å²) in [5.41, 5.74) is 0. The summed E-state index contributed by atoms with van der Waals surface area (Å²) in [6.45, 7) is 2.38. The molecule has 2 aliphatic carbocycles. The van der Waals surface area contributed by atoms with Crippen molar-refractivity contribution in [2.24, 2.45) is 17.8 Å². The van der Waals surface area contributed by atoms with Crippen molar-refractivity contribution in [3.05, 3.63) is 0 Å². The topological polar surface area (TPSA) is 0 Å². The van der Waals surface area contributed by atoms with Gasteiger partial charge in [0.25, 0.3) is 0 Å². The summed E-state index contributed by atoms with van der Waals surface area (Å²) in [5, 5.41) is 0.513. The van der Waals surface area contributed by atoms with Crippen LogP contribution in [-0.4, -0.2) is 5.38 Å². The quantitative estimate of drug-likeness (QED) is 0.491. The van der Waals surface area contributed by atoms with Gasteiger partial charge in [0, 0.05) is 5.38 Å². The van der Waals surface area contributed by atoms with Gasteiger partial charge in [-0.05, 0) is 37.0 Å². The zero-order valence-electron chi connectivity index (χ0n) is 7.22. The lowest BCUT2D eigenvalue weighted by atomic mass is 9.81. The molecular formula is C10H17Cl. The standard InChI is InChI=1S/C10H17Cl/c1-7-5-8-3-2-4-10(11)9(8)6-7/h7-10H,2-6H2,1H3. The van der Waals surface area contributed by atoms with Gasteiger partial charge in [-0.15, -0.1) is 11.6 Å². The first-order chi connectivity index (χ1) is 5.27. The largest absolute Gasteiger partial charge is 0.123 e. The van der Waals surface area contributed by atoms with E-state index in [1.54, 1.807) is 0 Å². The average Bonchev–Trinajstić information content (AvgIpc) is 2.31. The fraction of sp³-hybridized carbons (Fsp3) is 1.00. The van der Waals surface area contributed by atoms with Gasteiger partial charge in [0.05, 0.1) is 0 Å². The number of halogens is 1. The van der Waals surface area contributed by atoms with Crippen molar-refractivity contribution in [1.29, 1.82) is 0 Å². The monoisotopic (exact) mass is 172 g/mol. The maximum absolute atomic E-state index is 6.28. The predicted octanol–water partition coefficient (Wildman–Crippen LogP) is 3.44. The zero-order chi connectivity index (χ0) is 7.84. The molecule has 0 radical (unpaired) electrons. The van der Waals surface area contributed by atoms with Gasteiger partial charge in [-0.2, -0.15) is 0 Å². The van der Waals surface area contributed by atoms with Crippen molar-refractivity contribution in [1.82, 2.24) is 0 Å². The highest BCUT2D eigenvalue weighted by Crippen LogP contribution is 2.46. The molecule has 0 aromatic rings. The third-order valence-corrected chi connectivity index (χ3v) is 4.05. The molecule has 0 heterocycles. The average molecular weight is 173 g/mol. The fourth-order valence-corrected chi connectivity index (χ4v) is 3.47. The SMILES string of the molecule is CC1CC2CCCC(Cl)C2C1. The minimum Gasteiger partial charge on any atom is -0.123 e. The normalized spacial score (nSPS) is 50.7. The van der Waals surface area contributed by atoms with Gasteiger partial charge in [0.15, 0.2) is 0 Å². The van der Waals surface area contributed by atoms with E-state index < -0.39 is 0 Å². The first-order valence-corrected chi connectivity index (χ1v) is 5.35. The Morgan fingerprint density at radius 2 is 2.00 bits per heavy atom. The van der Waals surface area contributed by atoms with E-state index in [0.29, 0.717) is 5.38 Å². The summed E-state index contributed by atoms with van der Waals surface area (Å²) in [7, 11) is 0. The number of fused-ring (bicyclic) bond motifs is 1. The molecule has 2 fully saturated rings. The van der Waals surface area contributed by atoms with Crippen LogP contribution in [-0.2, 0) is 0 Å². The molecule has 0 amide bonds. The molecule has 0 saturated heterocycles. The van der Waals surface area contributed by atoms with Crippen molar-refractivity contribution in [3.8, 4) is 0 Å². The number of alkyl halides is 1. The molecule has 2 aliphatic rings. The first-order valence-electron chi connectivity index (χ1n) is 4.91. The van der Waals surface area contributed by atoms with Gasteiger partial charge >= 0.3 is 0 Å². The van der Waals surface area contributed by atoms with E-state index >= 15 is 0 Å². The molecule has 64 valence electrons. The maximum atomic E-state index is 6.28. The van der Waals surface area contributed by atoms with Crippen molar-refractivity contribution < 1.29 is 0 Å². The lowest BCUT2D eigenvalue weighted by Gasteiger charge is -2.29. The van der Waals surface area contributed by atoms with E-state index in [1.165, 1.54) is 32.1 Å². The molecule has 0 aromatic carbocycles. The molecule has 0 spiro atoms. The summed E-state index contributed by atoms with van der Waals surface area (Å²) in [4.78, 5) is 0. The molecule has 4 atom stereocenters. The number of hydrogen-bond acceptors (Lipinski definition) is 0. The second-order valence-electron chi connectivity index (χ2n) is 4.45. The first kappa shape index (κ1) is 7.91. The van der Waals surface area contributed by atoms with Crippen molar-refractivity contribution in [2.45, 2.75) is 44.4 Å². The van der Waals surface area contributed by atoms with E-state index in [9.17, 15) is 0 Å². The fourth-order valence-electron chi connectivity index (χ4n) is 3.01. The van der Waals surface area contributed by atoms with Crippen LogP contribution in [0.1, 0.15) is 39.0 Å². The molecule has 2 rings (SSSR count). The Kier molecular flexibility index (Phi) is 2.14. The third kappa shape index (κ3) is 1.42. The second kappa shape index (κ2) is 2.97.